The van der Waals surface area contributed by atoms with Crippen LogP contribution in [0.15, 0.2) is 91.0 Å². The number of amides is 1. The van der Waals surface area contributed by atoms with Gasteiger partial charge in [0.1, 0.15) is 6.61 Å². The number of alkyl carbamates (subject to hydrolysis) is 1. The predicted octanol–water partition coefficient (Wildman–Crippen LogP) is 4.35. The molecule has 0 saturated heterocycles. The van der Waals surface area contributed by atoms with E-state index < -0.39 is 14.4 Å². The summed E-state index contributed by atoms with van der Waals surface area (Å²) in [6, 6.07) is 30.5. The quantitative estimate of drug-likeness (QED) is 0.485. The van der Waals surface area contributed by atoms with Crippen LogP contribution in [0.4, 0.5) is 4.79 Å². The number of carbonyl (C=O) groups is 1. The zero-order valence-electron chi connectivity index (χ0n) is 20.8. The number of ether oxygens (including phenoxy) is 1. The SMILES string of the molecule is CC(C)(C)[Si](O[C@H]1CC(N)C[C@@H]1NC(=O)OCc1ccccc1)(c1ccccc1)c1ccccc1. The third-order valence-electron chi connectivity index (χ3n) is 6.80. The fourth-order valence-electron chi connectivity index (χ4n) is 5.15. The maximum Gasteiger partial charge on any atom is 0.407 e. The minimum Gasteiger partial charge on any atom is -0.445 e. The van der Waals surface area contributed by atoms with Gasteiger partial charge in [0.25, 0.3) is 8.32 Å². The normalized spacial score (nSPS) is 20.4. The third kappa shape index (κ3) is 5.67. The van der Waals surface area contributed by atoms with E-state index in [1.54, 1.807) is 0 Å². The molecule has 0 radical (unpaired) electrons. The first-order valence-electron chi connectivity index (χ1n) is 12.3. The number of carbonyl (C=O) groups excluding carboxylic acids is 1. The summed E-state index contributed by atoms with van der Waals surface area (Å²) in [6.07, 6.45) is 0.696. The van der Waals surface area contributed by atoms with E-state index in [0.29, 0.717) is 12.8 Å². The summed E-state index contributed by atoms with van der Waals surface area (Å²) in [4.78, 5) is 12.7. The highest BCUT2D eigenvalue weighted by molar-refractivity contribution is 6.99. The highest BCUT2D eigenvalue weighted by atomic mass is 28.4. The summed E-state index contributed by atoms with van der Waals surface area (Å²) in [5.41, 5.74) is 7.35. The molecule has 4 rings (SSSR count). The fraction of sp³-hybridized carbons (Fsp3) is 0.345. The molecule has 0 aliphatic heterocycles. The van der Waals surface area contributed by atoms with Crippen molar-refractivity contribution in [2.45, 2.75) is 63.4 Å². The number of nitrogens with one attached hydrogen (secondary N) is 1. The molecule has 0 aromatic heterocycles. The Balaban J connectivity index is 1.61. The Morgan fingerprint density at radius 1 is 0.886 bits per heavy atom. The van der Waals surface area contributed by atoms with Gasteiger partial charge in [-0.15, -0.1) is 0 Å². The Hall–Kier alpha value is -2.93. The van der Waals surface area contributed by atoms with Crippen molar-refractivity contribution >= 4 is 24.8 Å². The second-order valence-corrected chi connectivity index (χ2v) is 14.6. The molecular weight excluding hydrogens is 452 g/mol. The van der Waals surface area contributed by atoms with E-state index in [0.717, 1.165) is 5.56 Å². The predicted molar refractivity (Wildman–Crippen MR) is 143 cm³/mol. The summed E-state index contributed by atoms with van der Waals surface area (Å²) in [5, 5.41) is 5.34. The minimum absolute atomic E-state index is 0.0439. The number of hydrogen-bond donors (Lipinski definition) is 2. The highest BCUT2D eigenvalue weighted by Crippen LogP contribution is 2.39. The van der Waals surface area contributed by atoms with Crippen molar-refractivity contribution in [3.63, 3.8) is 0 Å². The van der Waals surface area contributed by atoms with E-state index in [4.69, 9.17) is 14.9 Å². The first-order valence-corrected chi connectivity index (χ1v) is 14.2. The standard InChI is InChI=1S/C29H36N2O3Si/c1-29(2,3)35(24-15-9-5-10-16-24,25-17-11-6-12-18-25)34-27-20-23(30)19-26(27)31-28(32)33-21-22-13-7-4-8-14-22/h4-18,23,26-27H,19-21,30H2,1-3H3,(H,31,32)/t23?,26-,27-/m0/s1. The number of benzene rings is 3. The van der Waals surface area contributed by atoms with Gasteiger partial charge >= 0.3 is 6.09 Å². The molecule has 35 heavy (non-hydrogen) atoms. The second-order valence-electron chi connectivity index (χ2n) is 10.4. The van der Waals surface area contributed by atoms with Crippen LogP contribution >= 0.6 is 0 Å². The maximum absolute atomic E-state index is 12.7. The third-order valence-corrected chi connectivity index (χ3v) is 11.9. The summed E-state index contributed by atoms with van der Waals surface area (Å²) in [5.74, 6) is 0. The summed E-state index contributed by atoms with van der Waals surface area (Å²) < 4.78 is 12.8. The van der Waals surface area contributed by atoms with Crippen LogP contribution in [0.3, 0.4) is 0 Å². The molecule has 6 heteroatoms. The summed E-state index contributed by atoms with van der Waals surface area (Å²) in [7, 11) is -2.76. The first kappa shape index (κ1) is 25.2. The topological polar surface area (TPSA) is 73.6 Å². The van der Waals surface area contributed by atoms with Crippen LogP contribution < -0.4 is 21.4 Å². The summed E-state index contributed by atoms with van der Waals surface area (Å²) in [6.45, 7) is 6.99. The number of hydrogen-bond acceptors (Lipinski definition) is 4. The van der Waals surface area contributed by atoms with Crippen LogP contribution in [-0.4, -0.2) is 32.6 Å². The van der Waals surface area contributed by atoms with E-state index in [-0.39, 0.29) is 29.8 Å². The van der Waals surface area contributed by atoms with Crippen LogP contribution in [0.25, 0.3) is 0 Å². The molecule has 0 bridgehead atoms. The zero-order chi connectivity index (χ0) is 24.9. The number of rotatable bonds is 7. The molecule has 1 amide bonds. The van der Waals surface area contributed by atoms with Crippen LogP contribution in [-0.2, 0) is 15.8 Å². The largest absolute Gasteiger partial charge is 0.445 e. The van der Waals surface area contributed by atoms with E-state index in [9.17, 15) is 4.79 Å². The van der Waals surface area contributed by atoms with Gasteiger partial charge in [-0.1, -0.05) is 112 Å². The molecule has 3 atom stereocenters. The first-order chi connectivity index (χ1) is 16.8. The summed E-state index contributed by atoms with van der Waals surface area (Å²) >= 11 is 0. The van der Waals surface area contributed by atoms with Gasteiger partial charge < -0.3 is 20.2 Å². The maximum atomic E-state index is 12.7. The molecule has 3 N–H and O–H groups in total. The van der Waals surface area contributed by atoms with Crippen LogP contribution in [0.1, 0.15) is 39.2 Å². The lowest BCUT2D eigenvalue weighted by Crippen LogP contribution is -2.68. The van der Waals surface area contributed by atoms with Gasteiger partial charge in [0.05, 0.1) is 12.1 Å². The molecule has 1 fully saturated rings. The van der Waals surface area contributed by atoms with E-state index in [1.807, 2.05) is 42.5 Å². The molecule has 5 nitrogen and oxygen atoms in total. The molecule has 1 saturated carbocycles. The molecular formula is C29H36N2O3Si. The molecule has 0 heterocycles. The van der Waals surface area contributed by atoms with Crippen molar-refractivity contribution in [3.8, 4) is 0 Å². The Kier molecular flexibility index (Phi) is 7.74. The Bertz CT molecular complexity index is 1050. The zero-order valence-corrected chi connectivity index (χ0v) is 21.8. The molecule has 3 aromatic rings. The molecule has 0 spiro atoms. The van der Waals surface area contributed by atoms with E-state index >= 15 is 0 Å². The van der Waals surface area contributed by atoms with Gasteiger partial charge in [0.2, 0.25) is 0 Å². The molecule has 1 aliphatic rings. The molecule has 1 unspecified atom stereocenters. The van der Waals surface area contributed by atoms with Crippen molar-refractivity contribution < 1.29 is 14.0 Å². The average Bonchev–Trinajstić information content (AvgIpc) is 3.20. The highest BCUT2D eigenvalue weighted by Gasteiger charge is 2.53. The van der Waals surface area contributed by atoms with Crippen LogP contribution in [0, 0.1) is 0 Å². The molecule has 3 aromatic carbocycles. The van der Waals surface area contributed by atoms with Crippen molar-refractivity contribution in [2.75, 3.05) is 0 Å². The molecule has 1 aliphatic carbocycles. The number of nitrogens with two attached hydrogens (primary N) is 1. The second kappa shape index (κ2) is 10.8. The van der Waals surface area contributed by atoms with Crippen molar-refractivity contribution in [2.24, 2.45) is 5.73 Å². The fourth-order valence-corrected chi connectivity index (χ4v) is 9.88. The van der Waals surface area contributed by atoms with Crippen LogP contribution in [0.2, 0.25) is 5.04 Å². The average molecular weight is 489 g/mol. The van der Waals surface area contributed by atoms with Gasteiger partial charge in [-0.2, -0.15) is 0 Å². The van der Waals surface area contributed by atoms with E-state index in [2.05, 4.69) is 74.6 Å². The monoisotopic (exact) mass is 488 g/mol. The Labute approximate surface area is 209 Å². The van der Waals surface area contributed by atoms with Gasteiger partial charge in [-0.05, 0) is 33.8 Å². The smallest absolute Gasteiger partial charge is 0.407 e. The van der Waals surface area contributed by atoms with Gasteiger partial charge in [0, 0.05) is 6.04 Å². The lowest BCUT2D eigenvalue weighted by molar-refractivity contribution is 0.118. The van der Waals surface area contributed by atoms with Gasteiger partial charge in [0.15, 0.2) is 0 Å². The van der Waals surface area contributed by atoms with Crippen LogP contribution in [0.5, 0.6) is 0 Å². The van der Waals surface area contributed by atoms with Crippen molar-refractivity contribution in [1.29, 1.82) is 0 Å². The Morgan fingerprint density at radius 3 is 1.91 bits per heavy atom. The van der Waals surface area contributed by atoms with Gasteiger partial charge in [-0.25, -0.2) is 4.79 Å². The minimum atomic E-state index is -2.76. The van der Waals surface area contributed by atoms with Gasteiger partial charge in [-0.3, -0.25) is 0 Å². The van der Waals surface area contributed by atoms with Crippen molar-refractivity contribution in [3.05, 3.63) is 96.6 Å². The van der Waals surface area contributed by atoms with Crippen molar-refractivity contribution in [1.82, 2.24) is 5.32 Å². The lowest BCUT2D eigenvalue weighted by Gasteiger charge is -2.45. The van der Waals surface area contributed by atoms with E-state index in [1.165, 1.54) is 10.4 Å². The Morgan fingerprint density at radius 2 is 1.40 bits per heavy atom. The molecule has 184 valence electrons. The lowest BCUT2D eigenvalue weighted by atomic mass is 10.2.